The lowest BCUT2D eigenvalue weighted by Gasteiger charge is -2.06. The largest absolute Gasteiger partial charge is 0.464 e. The van der Waals surface area contributed by atoms with E-state index >= 15 is 0 Å². The third kappa shape index (κ3) is 2.32. The summed E-state index contributed by atoms with van der Waals surface area (Å²) in [5.41, 5.74) is 3.87. The van der Waals surface area contributed by atoms with E-state index in [2.05, 4.69) is 21.3 Å². The predicted octanol–water partition coefficient (Wildman–Crippen LogP) is 3.20. The minimum Gasteiger partial charge on any atom is -0.464 e. The monoisotopic (exact) mass is 401 g/mol. The highest BCUT2D eigenvalue weighted by Crippen LogP contribution is 2.39. The zero-order valence-electron chi connectivity index (χ0n) is 15.8. The van der Waals surface area contributed by atoms with E-state index in [1.807, 2.05) is 18.3 Å². The van der Waals surface area contributed by atoms with Crippen LogP contribution in [-0.4, -0.2) is 22.9 Å². The van der Waals surface area contributed by atoms with Crippen molar-refractivity contribution in [1.29, 1.82) is 0 Å². The standard InChI is InChI=1S/C23H16FN3O3/c24-14-8-12-4-7-30-21(12)16(9-14)18-19(23(29)26-22(18)28)17-11-27-6-5-25-10-13-2-1-3-15(17)20(13)27/h1-4,7-9,11,25H,5-6,10H2,(H,26,28,29). The van der Waals surface area contributed by atoms with Gasteiger partial charge in [-0.15, -0.1) is 0 Å². The maximum atomic E-state index is 14.3. The molecular formula is C23H16FN3O3. The second-order valence-corrected chi connectivity index (χ2v) is 7.55. The molecule has 6 nitrogen and oxygen atoms in total. The molecule has 0 saturated heterocycles. The fraction of sp³-hybridized carbons (Fsp3) is 0.130. The summed E-state index contributed by atoms with van der Waals surface area (Å²) >= 11 is 0. The molecule has 7 heteroatoms. The highest BCUT2D eigenvalue weighted by atomic mass is 19.1. The minimum absolute atomic E-state index is 0.138. The lowest BCUT2D eigenvalue weighted by Crippen LogP contribution is -2.22. The van der Waals surface area contributed by atoms with Crippen molar-refractivity contribution in [2.45, 2.75) is 13.1 Å². The molecule has 0 spiro atoms. The van der Waals surface area contributed by atoms with E-state index in [1.165, 1.54) is 18.4 Å². The summed E-state index contributed by atoms with van der Waals surface area (Å²) in [6.45, 7) is 2.27. The van der Waals surface area contributed by atoms with E-state index < -0.39 is 17.6 Å². The Kier molecular flexibility index (Phi) is 3.52. The third-order valence-corrected chi connectivity index (χ3v) is 5.81. The third-order valence-electron chi connectivity index (χ3n) is 5.81. The van der Waals surface area contributed by atoms with Gasteiger partial charge in [0.05, 0.1) is 22.9 Å². The highest BCUT2D eigenvalue weighted by molar-refractivity contribution is 6.50. The summed E-state index contributed by atoms with van der Waals surface area (Å²) in [7, 11) is 0. The van der Waals surface area contributed by atoms with Gasteiger partial charge in [-0.05, 0) is 23.8 Å². The summed E-state index contributed by atoms with van der Waals surface area (Å²) < 4.78 is 22.0. The molecule has 0 bridgehead atoms. The molecular weight excluding hydrogens is 385 g/mol. The summed E-state index contributed by atoms with van der Waals surface area (Å²) in [6.07, 6.45) is 3.35. The van der Waals surface area contributed by atoms with E-state index in [9.17, 15) is 14.0 Å². The summed E-state index contributed by atoms with van der Waals surface area (Å²) in [5.74, 6) is -1.54. The molecule has 30 heavy (non-hydrogen) atoms. The molecule has 2 amide bonds. The van der Waals surface area contributed by atoms with Gasteiger partial charge >= 0.3 is 0 Å². The molecule has 4 heterocycles. The number of carbonyl (C=O) groups is 2. The van der Waals surface area contributed by atoms with E-state index in [-0.39, 0.29) is 16.7 Å². The van der Waals surface area contributed by atoms with Gasteiger partial charge in [-0.1, -0.05) is 18.2 Å². The van der Waals surface area contributed by atoms with Crippen LogP contribution in [0.1, 0.15) is 16.7 Å². The second kappa shape index (κ2) is 6.14. The Hall–Kier alpha value is -3.71. The van der Waals surface area contributed by atoms with Crippen molar-refractivity contribution in [2.24, 2.45) is 0 Å². The average molecular weight is 401 g/mol. The highest BCUT2D eigenvalue weighted by Gasteiger charge is 2.35. The molecule has 0 saturated carbocycles. The molecule has 148 valence electrons. The van der Waals surface area contributed by atoms with Gasteiger partial charge in [-0.3, -0.25) is 14.9 Å². The van der Waals surface area contributed by atoms with Crippen LogP contribution in [0.25, 0.3) is 33.0 Å². The fourth-order valence-electron chi connectivity index (χ4n) is 4.58. The second-order valence-electron chi connectivity index (χ2n) is 7.55. The maximum absolute atomic E-state index is 14.3. The number of carbonyl (C=O) groups excluding carboxylic acids is 2. The first-order chi connectivity index (χ1) is 14.6. The normalized spacial score (nSPS) is 16.6. The average Bonchev–Trinajstić information content (AvgIpc) is 3.36. The van der Waals surface area contributed by atoms with Crippen LogP contribution in [-0.2, 0) is 22.7 Å². The molecule has 0 radical (unpaired) electrons. The van der Waals surface area contributed by atoms with Crippen molar-refractivity contribution in [3.8, 4) is 0 Å². The van der Waals surface area contributed by atoms with E-state index in [0.717, 1.165) is 36.1 Å². The first kappa shape index (κ1) is 17.2. The first-order valence-corrected chi connectivity index (χ1v) is 9.71. The smallest absolute Gasteiger partial charge is 0.259 e. The van der Waals surface area contributed by atoms with Crippen molar-refractivity contribution >= 4 is 44.8 Å². The van der Waals surface area contributed by atoms with E-state index in [4.69, 9.17) is 4.42 Å². The van der Waals surface area contributed by atoms with Crippen LogP contribution in [0.15, 0.2) is 53.3 Å². The molecule has 2 aliphatic heterocycles. The Morgan fingerprint density at radius 1 is 1.03 bits per heavy atom. The van der Waals surface area contributed by atoms with Crippen molar-refractivity contribution in [1.82, 2.24) is 15.2 Å². The van der Waals surface area contributed by atoms with Crippen molar-refractivity contribution in [2.75, 3.05) is 6.54 Å². The molecule has 2 N–H and O–H groups in total. The summed E-state index contributed by atoms with van der Waals surface area (Å²) in [6, 6.07) is 10.2. The van der Waals surface area contributed by atoms with Gasteiger partial charge in [0.15, 0.2) is 0 Å². The molecule has 4 aromatic rings. The van der Waals surface area contributed by atoms with Gasteiger partial charge in [0.2, 0.25) is 0 Å². The van der Waals surface area contributed by atoms with Gasteiger partial charge in [0.1, 0.15) is 11.4 Å². The molecule has 6 rings (SSSR count). The molecule has 2 aromatic carbocycles. The number of amides is 2. The quantitative estimate of drug-likeness (QED) is 0.506. The number of halogens is 1. The number of fused-ring (bicyclic) bond motifs is 1. The first-order valence-electron chi connectivity index (χ1n) is 9.71. The number of hydrogen-bond acceptors (Lipinski definition) is 4. The number of hydrogen-bond donors (Lipinski definition) is 2. The number of benzene rings is 2. The van der Waals surface area contributed by atoms with E-state index in [0.29, 0.717) is 16.5 Å². The molecule has 2 aromatic heterocycles. The zero-order valence-corrected chi connectivity index (χ0v) is 15.8. The van der Waals surface area contributed by atoms with Crippen LogP contribution in [0.4, 0.5) is 4.39 Å². The minimum atomic E-state index is -0.552. The van der Waals surface area contributed by atoms with Crippen molar-refractivity contribution < 1.29 is 18.4 Å². The van der Waals surface area contributed by atoms with Gasteiger partial charge in [0, 0.05) is 47.7 Å². The van der Waals surface area contributed by atoms with Crippen LogP contribution in [0.3, 0.4) is 0 Å². The SMILES string of the molecule is O=C1NC(=O)C(c2cc(F)cc3ccoc23)=C1c1cn2c3c(cccc13)CNCC2. The number of para-hydroxylation sites is 1. The Morgan fingerprint density at radius 2 is 1.87 bits per heavy atom. The van der Waals surface area contributed by atoms with E-state index in [1.54, 1.807) is 6.07 Å². The van der Waals surface area contributed by atoms with Crippen LogP contribution in [0, 0.1) is 5.82 Å². The molecule has 0 atom stereocenters. The van der Waals surface area contributed by atoms with Gasteiger partial charge in [0.25, 0.3) is 11.8 Å². The van der Waals surface area contributed by atoms with Crippen molar-refractivity contribution in [3.63, 3.8) is 0 Å². The number of rotatable bonds is 2. The summed E-state index contributed by atoms with van der Waals surface area (Å²) in [5, 5.41) is 7.20. The lowest BCUT2D eigenvalue weighted by molar-refractivity contribution is -0.122. The number of nitrogens with one attached hydrogen (secondary N) is 2. The molecule has 2 aliphatic rings. The number of nitrogens with zero attached hydrogens (tertiary/aromatic N) is 1. The van der Waals surface area contributed by atoms with Crippen LogP contribution < -0.4 is 10.6 Å². The maximum Gasteiger partial charge on any atom is 0.259 e. The molecule has 0 aliphatic carbocycles. The van der Waals surface area contributed by atoms with Crippen LogP contribution >= 0.6 is 0 Å². The zero-order chi connectivity index (χ0) is 20.4. The Morgan fingerprint density at radius 3 is 2.73 bits per heavy atom. The number of imide groups is 1. The topological polar surface area (TPSA) is 76.3 Å². The van der Waals surface area contributed by atoms with Gasteiger partial charge in [-0.2, -0.15) is 0 Å². The summed E-state index contributed by atoms with van der Waals surface area (Å²) in [4.78, 5) is 25.7. The Bertz CT molecular complexity index is 1430. The van der Waals surface area contributed by atoms with Crippen LogP contribution in [0.5, 0.6) is 0 Å². The molecule has 0 fully saturated rings. The lowest BCUT2D eigenvalue weighted by atomic mass is 9.94. The fourth-order valence-corrected chi connectivity index (χ4v) is 4.58. The Labute approximate surface area is 170 Å². The van der Waals surface area contributed by atoms with Gasteiger partial charge < -0.3 is 14.3 Å². The Balaban J connectivity index is 1.70. The number of furan rings is 1. The molecule has 0 unspecified atom stereocenters. The van der Waals surface area contributed by atoms with Crippen molar-refractivity contribution in [3.05, 3.63) is 71.4 Å². The predicted molar refractivity (Wildman–Crippen MR) is 110 cm³/mol. The van der Waals surface area contributed by atoms with Gasteiger partial charge in [-0.25, -0.2) is 4.39 Å². The number of aromatic nitrogens is 1. The van der Waals surface area contributed by atoms with Crippen LogP contribution in [0.2, 0.25) is 0 Å².